The zero-order valence-corrected chi connectivity index (χ0v) is 8.86. The smallest absolute Gasteiger partial charge is 0.414 e. The molecule has 0 saturated heterocycles. The molecule has 0 aromatic carbocycles. The SMILES string of the molecule is CCOC(=O)N(C)c1c(N)[nH]c(=O)[nH]c1=O. The van der Waals surface area contributed by atoms with Crippen molar-refractivity contribution < 1.29 is 9.53 Å². The van der Waals surface area contributed by atoms with E-state index in [9.17, 15) is 14.4 Å². The molecule has 0 aliphatic rings. The van der Waals surface area contributed by atoms with Gasteiger partial charge in [-0.1, -0.05) is 0 Å². The first-order valence-corrected chi connectivity index (χ1v) is 4.50. The van der Waals surface area contributed by atoms with E-state index in [4.69, 9.17) is 5.73 Å². The lowest BCUT2D eigenvalue weighted by Crippen LogP contribution is -2.36. The molecule has 1 aromatic heterocycles. The molecule has 0 fully saturated rings. The van der Waals surface area contributed by atoms with Crippen molar-refractivity contribution in [1.82, 2.24) is 9.97 Å². The van der Waals surface area contributed by atoms with Gasteiger partial charge < -0.3 is 10.5 Å². The third kappa shape index (κ3) is 2.22. The van der Waals surface area contributed by atoms with Crippen molar-refractivity contribution in [3.63, 3.8) is 0 Å². The minimum atomic E-state index is -0.753. The van der Waals surface area contributed by atoms with Crippen molar-refractivity contribution in [3.05, 3.63) is 20.8 Å². The molecule has 1 heterocycles. The summed E-state index contributed by atoms with van der Waals surface area (Å²) in [6.45, 7) is 1.80. The molecule has 0 radical (unpaired) electrons. The van der Waals surface area contributed by atoms with Crippen LogP contribution in [0, 0.1) is 0 Å². The molecule has 16 heavy (non-hydrogen) atoms. The lowest BCUT2D eigenvalue weighted by atomic mass is 10.4. The number of ether oxygens (including phenoxy) is 1. The molecule has 0 unspecified atom stereocenters. The van der Waals surface area contributed by atoms with Gasteiger partial charge in [0, 0.05) is 7.05 Å². The van der Waals surface area contributed by atoms with Crippen LogP contribution in [-0.4, -0.2) is 29.7 Å². The Labute approximate surface area is 90.0 Å². The number of aromatic amines is 2. The fourth-order valence-electron chi connectivity index (χ4n) is 1.14. The first-order chi connectivity index (χ1) is 7.47. The van der Waals surface area contributed by atoms with Crippen LogP contribution in [-0.2, 0) is 4.74 Å². The summed E-state index contributed by atoms with van der Waals surface area (Å²) in [6, 6.07) is 0. The van der Waals surface area contributed by atoms with Gasteiger partial charge in [0.25, 0.3) is 5.56 Å². The number of hydrogen-bond acceptors (Lipinski definition) is 5. The monoisotopic (exact) mass is 228 g/mol. The van der Waals surface area contributed by atoms with Gasteiger partial charge in [-0.25, -0.2) is 9.59 Å². The fraction of sp³-hybridized carbons (Fsp3) is 0.375. The summed E-state index contributed by atoms with van der Waals surface area (Å²) in [5.41, 5.74) is 3.79. The van der Waals surface area contributed by atoms with E-state index in [0.717, 1.165) is 4.90 Å². The van der Waals surface area contributed by atoms with E-state index >= 15 is 0 Å². The lowest BCUT2D eigenvalue weighted by Gasteiger charge is -2.16. The largest absolute Gasteiger partial charge is 0.449 e. The van der Waals surface area contributed by atoms with Crippen molar-refractivity contribution in [2.24, 2.45) is 0 Å². The number of rotatable bonds is 2. The minimum Gasteiger partial charge on any atom is -0.449 e. The van der Waals surface area contributed by atoms with Gasteiger partial charge in [0.1, 0.15) is 5.82 Å². The van der Waals surface area contributed by atoms with Crippen LogP contribution in [0.2, 0.25) is 0 Å². The fourth-order valence-corrected chi connectivity index (χ4v) is 1.14. The first kappa shape index (κ1) is 11.8. The molecule has 8 heteroatoms. The Balaban J connectivity index is 3.19. The van der Waals surface area contributed by atoms with Crippen molar-refractivity contribution >= 4 is 17.6 Å². The van der Waals surface area contributed by atoms with Gasteiger partial charge in [0.15, 0.2) is 5.69 Å². The molecule has 1 aromatic rings. The number of nitrogens with two attached hydrogens (primary N) is 1. The Hall–Kier alpha value is -2.25. The Morgan fingerprint density at radius 3 is 2.56 bits per heavy atom. The zero-order valence-electron chi connectivity index (χ0n) is 8.86. The van der Waals surface area contributed by atoms with E-state index in [1.165, 1.54) is 7.05 Å². The third-order valence-electron chi connectivity index (χ3n) is 1.82. The van der Waals surface area contributed by atoms with Gasteiger partial charge in [0.2, 0.25) is 0 Å². The number of nitrogens with one attached hydrogen (secondary N) is 2. The Morgan fingerprint density at radius 1 is 1.44 bits per heavy atom. The van der Waals surface area contributed by atoms with Gasteiger partial charge in [-0.3, -0.25) is 19.7 Å². The molecule has 0 spiro atoms. The van der Waals surface area contributed by atoms with Crippen LogP contribution in [0.15, 0.2) is 9.59 Å². The molecule has 8 nitrogen and oxygen atoms in total. The predicted octanol–water partition coefficient (Wildman–Crippen LogP) is -0.762. The normalized spacial score (nSPS) is 9.88. The second-order valence-electron chi connectivity index (χ2n) is 2.93. The molecule has 88 valence electrons. The first-order valence-electron chi connectivity index (χ1n) is 4.50. The van der Waals surface area contributed by atoms with Crippen LogP contribution < -0.4 is 21.9 Å². The second-order valence-corrected chi connectivity index (χ2v) is 2.93. The number of nitrogens with zero attached hydrogens (tertiary/aromatic N) is 1. The quantitative estimate of drug-likeness (QED) is 0.614. The molecule has 0 aliphatic carbocycles. The van der Waals surface area contributed by atoms with Gasteiger partial charge >= 0.3 is 11.8 Å². The van der Waals surface area contributed by atoms with Gasteiger partial charge in [-0.05, 0) is 6.92 Å². The summed E-state index contributed by atoms with van der Waals surface area (Å²) >= 11 is 0. The average molecular weight is 228 g/mol. The van der Waals surface area contributed by atoms with Crippen LogP contribution in [0.3, 0.4) is 0 Å². The molecule has 1 amide bonds. The summed E-state index contributed by atoms with van der Waals surface area (Å²) in [5, 5.41) is 0. The number of nitrogen functional groups attached to an aromatic ring is 1. The lowest BCUT2D eigenvalue weighted by molar-refractivity contribution is 0.161. The Bertz CT molecular complexity index is 503. The molecule has 0 bridgehead atoms. The second kappa shape index (κ2) is 4.51. The number of H-pyrrole nitrogens is 2. The molecule has 4 N–H and O–H groups in total. The van der Waals surface area contributed by atoms with Gasteiger partial charge in [-0.15, -0.1) is 0 Å². The molecule has 0 aliphatic heterocycles. The number of carbonyl (C=O) groups excluding carboxylic acids is 1. The predicted molar refractivity (Wildman–Crippen MR) is 57.5 cm³/mol. The van der Waals surface area contributed by atoms with Crippen LogP contribution in [0.5, 0.6) is 0 Å². The molecule has 0 saturated carbocycles. The van der Waals surface area contributed by atoms with Crippen molar-refractivity contribution in [3.8, 4) is 0 Å². The van der Waals surface area contributed by atoms with Crippen molar-refractivity contribution in [1.29, 1.82) is 0 Å². The van der Waals surface area contributed by atoms with E-state index in [1.54, 1.807) is 6.92 Å². The maximum Gasteiger partial charge on any atom is 0.414 e. The summed E-state index contributed by atoms with van der Waals surface area (Å²) < 4.78 is 4.68. The maximum atomic E-state index is 11.4. The summed E-state index contributed by atoms with van der Waals surface area (Å²) in [7, 11) is 1.32. The number of aromatic nitrogens is 2. The highest BCUT2D eigenvalue weighted by atomic mass is 16.6. The van der Waals surface area contributed by atoms with Crippen LogP contribution >= 0.6 is 0 Å². The average Bonchev–Trinajstić information content (AvgIpc) is 2.16. The van der Waals surface area contributed by atoms with E-state index in [1.807, 2.05) is 4.98 Å². The van der Waals surface area contributed by atoms with Crippen LogP contribution in [0.1, 0.15) is 6.92 Å². The molecule has 0 atom stereocenters. The maximum absolute atomic E-state index is 11.4. The Kier molecular flexibility index (Phi) is 3.33. The number of anilines is 2. The summed E-state index contributed by atoms with van der Waals surface area (Å²) in [6.07, 6.45) is -0.730. The third-order valence-corrected chi connectivity index (χ3v) is 1.82. The zero-order chi connectivity index (χ0) is 12.3. The standard InChI is InChI=1S/C8H12N4O4/c1-3-16-8(15)12(2)4-5(9)10-7(14)11-6(4)13/h3H2,1-2H3,(H4,9,10,11,13,14). The minimum absolute atomic E-state index is 0.155. The van der Waals surface area contributed by atoms with Crippen LogP contribution in [0.4, 0.5) is 16.3 Å². The van der Waals surface area contributed by atoms with Crippen molar-refractivity contribution in [2.45, 2.75) is 6.92 Å². The van der Waals surface area contributed by atoms with E-state index < -0.39 is 17.3 Å². The van der Waals surface area contributed by atoms with E-state index in [0.29, 0.717) is 0 Å². The molecule has 1 rings (SSSR count). The number of hydrogen-bond donors (Lipinski definition) is 3. The number of carbonyl (C=O) groups is 1. The van der Waals surface area contributed by atoms with E-state index in [-0.39, 0.29) is 18.1 Å². The summed E-state index contributed by atoms with van der Waals surface area (Å²) in [5.74, 6) is -0.190. The van der Waals surface area contributed by atoms with Crippen LogP contribution in [0.25, 0.3) is 0 Å². The summed E-state index contributed by atoms with van der Waals surface area (Å²) in [4.78, 5) is 38.7. The topological polar surface area (TPSA) is 121 Å². The van der Waals surface area contributed by atoms with E-state index in [2.05, 4.69) is 9.72 Å². The van der Waals surface area contributed by atoms with Crippen molar-refractivity contribution in [2.75, 3.05) is 24.3 Å². The van der Waals surface area contributed by atoms with Gasteiger partial charge in [0.05, 0.1) is 6.61 Å². The highest BCUT2D eigenvalue weighted by molar-refractivity contribution is 5.89. The number of amides is 1. The molecular formula is C8H12N4O4. The highest BCUT2D eigenvalue weighted by Crippen LogP contribution is 2.12. The van der Waals surface area contributed by atoms with Gasteiger partial charge in [-0.2, -0.15) is 0 Å². The molecular weight excluding hydrogens is 216 g/mol. The highest BCUT2D eigenvalue weighted by Gasteiger charge is 2.18. The Morgan fingerprint density at radius 2 is 2.06 bits per heavy atom.